The number of amides is 1. The summed E-state index contributed by atoms with van der Waals surface area (Å²) in [5, 5.41) is 4.88. The molecule has 2 fully saturated rings. The fraction of sp³-hybridized carbons (Fsp3) is 0.286. The van der Waals surface area contributed by atoms with Crippen LogP contribution in [0.1, 0.15) is 30.4 Å². The Hall–Kier alpha value is -2.95. The van der Waals surface area contributed by atoms with Crippen LogP contribution in [0.2, 0.25) is 0 Å². The zero-order chi connectivity index (χ0) is 17.7. The molecule has 0 bridgehead atoms. The van der Waals surface area contributed by atoms with Crippen LogP contribution in [-0.2, 0) is 4.79 Å². The maximum atomic E-state index is 11.7. The summed E-state index contributed by atoms with van der Waals surface area (Å²) in [4.78, 5) is 18.1. The predicted molar refractivity (Wildman–Crippen MR) is 101 cm³/mol. The number of hydrogen-bond donors (Lipinski definition) is 0. The van der Waals surface area contributed by atoms with Crippen molar-refractivity contribution in [2.24, 2.45) is 0 Å². The second-order valence-electron chi connectivity index (χ2n) is 7.16. The molecular formula is C21H20N4O. The summed E-state index contributed by atoms with van der Waals surface area (Å²) < 4.78 is 2.03. The molecule has 26 heavy (non-hydrogen) atoms. The van der Waals surface area contributed by atoms with Crippen molar-refractivity contribution in [2.75, 3.05) is 13.1 Å². The molecule has 5 heteroatoms. The maximum absolute atomic E-state index is 11.7. The van der Waals surface area contributed by atoms with Gasteiger partial charge in [0.25, 0.3) is 0 Å². The highest BCUT2D eigenvalue weighted by atomic mass is 16.2. The van der Waals surface area contributed by atoms with Gasteiger partial charge in [-0.15, -0.1) is 0 Å². The highest BCUT2D eigenvalue weighted by molar-refractivity contribution is 5.90. The minimum absolute atomic E-state index is 0.0216. The van der Waals surface area contributed by atoms with Crippen LogP contribution in [0.4, 0.5) is 0 Å². The molecule has 0 N–H and O–H groups in total. The molecule has 3 aromatic rings. The number of aromatic nitrogens is 3. The summed E-state index contributed by atoms with van der Waals surface area (Å²) in [6, 6.07) is 12.9. The Morgan fingerprint density at radius 3 is 2.62 bits per heavy atom. The standard InChI is InChI=1S/C21H20N4O/c1-2-19(26)24-12-17(13-24)25-18-4-3-11-22-21(18)20(23-25)16-9-7-15(8-10-16)14-5-6-14/h2-4,7-11,14,17H,1,5-6,12-13H2. The first-order valence-corrected chi connectivity index (χ1v) is 9.09. The molecule has 0 radical (unpaired) electrons. The van der Waals surface area contributed by atoms with Gasteiger partial charge in [-0.2, -0.15) is 5.10 Å². The van der Waals surface area contributed by atoms with E-state index < -0.39 is 0 Å². The third-order valence-corrected chi connectivity index (χ3v) is 5.39. The smallest absolute Gasteiger partial charge is 0.246 e. The normalized spacial score (nSPS) is 17.3. The van der Waals surface area contributed by atoms with Gasteiger partial charge in [-0.1, -0.05) is 30.8 Å². The van der Waals surface area contributed by atoms with Gasteiger partial charge in [0.15, 0.2) is 0 Å². The quantitative estimate of drug-likeness (QED) is 0.680. The highest BCUT2D eigenvalue weighted by Gasteiger charge is 2.33. The van der Waals surface area contributed by atoms with Crippen LogP contribution in [0.5, 0.6) is 0 Å². The van der Waals surface area contributed by atoms with E-state index in [0.717, 1.165) is 28.2 Å². The molecule has 1 aromatic carbocycles. The third kappa shape index (κ3) is 2.43. The van der Waals surface area contributed by atoms with Crippen LogP contribution < -0.4 is 0 Å². The van der Waals surface area contributed by atoms with E-state index in [1.165, 1.54) is 24.5 Å². The predicted octanol–water partition coefficient (Wildman–Crippen LogP) is 3.55. The van der Waals surface area contributed by atoms with Crippen LogP contribution >= 0.6 is 0 Å². The van der Waals surface area contributed by atoms with Crippen molar-refractivity contribution in [3.8, 4) is 11.3 Å². The summed E-state index contributed by atoms with van der Waals surface area (Å²) in [5.41, 5.74) is 5.36. The van der Waals surface area contributed by atoms with Crippen molar-refractivity contribution in [2.45, 2.75) is 24.8 Å². The molecule has 1 aliphatic heterocycles. The lowest BCUT2D eigenvalue weighted by Gasteiger charge is -2.38. The van der Waals surface area contributed by atoms with E-state index in [2.05, 4.69) is 41.9 Å². The molecule has 5 rings (SSSR count). The molecule has 1 saturated carbocycles. The molecule has 2 aromatic heterocycles. The number of carbonyl (C=O) groups excluding carboxylic acids is 1. The molecule has 5 nitrogen and oxygen atoms in total. The minimum Gasteiger partial charge on any atom is -0.335 e. The summed E-state index contributed by atoms with van der Waals surface area (Å²) in [6.07, 6.45) is 5.79. The van der Waals surface area contributed by atoms with Gasteiger partial charge in [-0.25, -0.2) is 0 Å². The molecule has 1 aliphatic carbocycles. The number of hydrogen-bond acceptors (Lipinski definition) is 3. The number of fused-ring (bicyclic) bond motifs is 1. The number of rotatable bonds is 4. The molecule has 1 amide bonds. The first kappa shape index (κ1) is 15.3. The van der Waals surface area contributed by atoms with E-state index in [-0.39, 0.29) is 11.9 Å². The van der Waals surface area contributed by atoms with E-state index in [1.807, 2.05) is 16.9 Å². The lowest BCUT2D eigenvalue weighted by molar-refractivity contribution is -0.131. The van der Waals surface area contributed by atoms with Gasteiger partial charge in [0.05, 0.1) is 11.6 Å². The Kier molecular flexibility index (Phi) is 3.42. The van der Waals surface area contributed by atoms with Crippen molar-refractivity contribution in [1.29, 1.82) is 0 Å². The number of carbonyl (C=O) groups is 1. The Bertz CT molecular complexity index is 995. The van der Waals surface area contributed by atoms with Crippen molar-refractivity contribution < 1.29 is 4.79 Å². The molecule has 0 spiro atoms. The molecule has 130 valence electrons. The average Bonchev–Trinajstić information content (AvgIpc) is 3.43. The van der Waals surface area contributed by atoms with Gasteiger partial charge in [0.2, 0.25) is 5.91 Å². The molecule has 3 heterocycles. The van der Waals surface area contributed by atoms with Crippen LogP contribution in [0.3, 0.4) is 0 Å². The second kappa shape index (κ2) is 5.80. The topological polar surface area (TPSA) is 51.0 Å². The highest BCUT2D eigenvalue weighted by Crippen LogP contribution is 2.40. The fourth-order valence-electron chi connectivity index (χ4n) is 3.69. The zero-order valence-corrected chi connectivity index (χ0v) is 14.5. The zero-order valence-electron chi connectivity index (χ0n) is 14.5. The van der Waals surface area contributed by atoms with Crippen LogP contribution in [0.25, 0.3) is 22.3 Å². The van der Waals surface area contributed by atoms with E-state index in [4.69, 9.17) is 5.10 Å². The van der Waals surface area contributed by atoms with Gasteiger partial charge in [0, 0.05) is 24.8 Å². The van der Waals surface area contributed by atoms with Gasteiger partial charge in [-0.05, 0) is 42.5 Å². The van der Waals surface area contributed by atoms with E-state index in [9.17, 15) is 4.79 Å². The van der Waals surface area contributed by atoms with Gasteiger partial charge < -0.3 is 4.90 Å². The summed E-state index contributed by atoms with van der Waals surface area (Å²) in [6.45, 7) is 4.88. The summed E-state index contributed by atoms with van der Waals surface area (Å²) in [5.74, 6) is 0.728. The van der Waals surface area contributed by atoms with Crippen molar-refractivity contribution in [1.82, 2.24) is 19.7 Å². The van der Waals surface area contributed by atoms with Crippen LogP contribution in [0.15, 0.2) is 55.3 Å². The van der Waals surface area contributed by atoms with Crippen molar-refractivity contribution in [3.05, 3.63) is 60.8 Å². The monoisotopic (exact) mass is 344 g/mol. The van der Waals surface area contributed by atoms with E-state index in [0.29, 0.717) is 13.1 Å². The van der Waals surface area contributed by atoms with Gasteiger partial charge in [-0.3, -0.25) is 14.5 Å². The Morgan fingerprint density at radius 1 is 1.15 bits per heavy atom. The third-order valence-electron chi connectivity index (χ3n) is 5.39. The molecule has 0 atom stereocenters. The van der Waals surface area contributed by atoms with Gasteiger partial charge >= 0.3 is 0 Å². The Balaban J connectivity index is 1.50. The SMILES string of the molecule is C=CC(=O)N1CC(n2nc(-c3ccc(C4CC4)cc3)c3ncccc32)C1. The Morgan fingerprint density at radius 2 is 1.92 bits per heavy atom. The van der Waals surface area contributed by atoms with E-state index >= 15 is 0 Å². The maximum Gasteiger partial charge on any atom is 0.246 e. The van der Waals surface area contributed by atoms with Crippen LogP contribution in [0, 0.1) is 0 Å². The molecule has 1 saturated heterocycles. The summed E-state index contributed by atoms with van der Waals surface area (Å²) >= 11 is 0. The number of benzene rings is 1. The first-order valence-electron chi connectivity index (χ1n) is 9.09. The number of likely N-dealkylation sites (tertiary alicyclic amines) is 1. The molecule has 0 unspecified atom stereocenters. The Labute approximate surface area is 152 Å². The first-order chi connectivity index (χ1) is 12.7. The van der Waals surface area contributed by atoms with Crippen molar-refractivity contribution >= 4 is 16.9 Å². The summed E-state index contributed by atoms with van der Waals surface area (Å²) in [7, 11) is 0. The number of nitrogens with zero attached hydrogens (tertiary/aromatic N) is 4. The average molecular weight is 344 g/mol. The lowest BCUT2D eigenvalue weighted by atomic mass is 10.1. The second-order valence-corrected chi connectivity index (χ2v) is 7.16. The lowest BCUT2D eigenvalue weighted by Crippen LogP contribution is -2.50. The fourth-order valence-corrected chi connectivity index (χ4v) is 3.69. The van der Waals surface area contributed by atoms with Gasteiger partial charge in [0.1, 0.15) is 11.2 Å². The number of pyridine rings is 1. The van der Waals surface area contributed by atoms with E-state index in [1.54, 1.807) is 4.90 Å². The van der Waals surface area contributed by atoms with Crippen LogP contribution in [-0.4, -0.2) is 38.7 Å². The minimum atomic E-state index is -0.0216. The van der Waals surface area contributed by atoms with Crippen molar-refractivity contribution in [3.63, 3.8) is 0 Å². The molecule has 2 aliphatic rings. The molecular weight excluding hydrogens is 324 g/mol. The largest absolute Gasteiger partial charge is 0.335 e.